The fourth-order valence-electron chi connectivity index (χ4n) is 2.39. The lowest BCUT2D eigenvalue weighted by Gasteiger charge is -2.09. The molecule has 0 bridgehead atoms. The molecule has 0 saturated heterocycles. The molecule has 5 nitrogen and oxygen atoms in total. The van der Waals surface area contributed by atoms with Crippen LogP contribution in [0.3, 0.4) is 0 Å². The normalized spacial score (nSPS) is 11.2. The molecule has 0 N–H and O–H groups in total. The van der Waals surface area contributed by atoms with Crippen LogP contribution in [0.2, 0.25) is 5.02 Å². The number of hydrogen-bond donors (Lipinski definition) is 0. The van der Waals surface area contributed by atoms with Gasteiger partial charge in [0.25, 0.3) is 0 Å². The average molecular weight is 366 g/mol. The van der Waals surface area contributed by atoms with Crippen LogP contribution in [0.15, 0.2) is 36.7 Å². The number of carbonyl (C=O) groups excluding carboxylic acids is 1. The SMILES string of the molecule is CCC(=O)Cn1ncc2ncc(-c3ccc(Cl)c(OC(F)F)c3)cc21. The summed E-state index contributed by atoms with van der Waals surface area (Å²) >= 11 is 5.88. The lowest BCUT2D eigenvalue weighted by Crippen LogP contribution is -2.09. The van der Waals surface area contributed by atoms with Crippen molar-refractivity contribution in [1.29, 1.82) is 0 Å². The maximum atomic E-state index is 12.5. The van der Waals surface area contributed by atoms with E-state index in [0.717, 1.165) is 0 Å². The molecule has 0 aliphatic heterocycles. The number of pyridine rings is 1. The second-order valence-electron chi connectivity index (χ2n) is 5.35. The quantitative estimate of drug-likeness (QED) is 0.652. The fraction of sp³-hybridized carbons (Fsp3) is 0.235. The summed E-state index contributed by atoms with van der Waals surface area (Å²) < 4.78 is 30.9. The van der Waals surface area contributed by atoms with E-state index in [1.54, 1.807) is 36.1 Å². The van der Waals surface area contributed by atoms with Crippen LogP contribution in [0.5, 0.6) is 5.75 Å². The van der Waals surface area contributed by atoms with E-state index < -0.39 is 6.61 Å². The Bertz CT molecular complexity index is 927. The Morgan fingerprint density at radius 2 is 2.08 bits per heavy atom. The van der Waals surface area contributed by atoms with Gasteiger partial charge in [0.2, 0.25) is 0 Å². The minimum atomic E-state index is -2.96. The summed E-state index contributed by atoms with van der Waals surface area (Å²) in [5.41, 5.74) is 2.62. The highest BCUT2D eigenvalue weighted by Crippen LogP contribution is 2.32. The smallest absolute Gasteiger partial charge is 0.387 e. The average Bonchev–Trinajstić information content (AvgIpc) is 2.98. The van der Waals surface area contributed by atoms with Crippen molar-refractivity contribution in [2.75, 3.05) is 0 Å². The highest BCUT2D eigenvalue weighted by atomic mass is 35.5. The largest absolute Gasteiger partial charge is 0.433 e. The van der Waals surface area contributed by atoms with Crippen LogP contribution in [-0.4, -0.2) is 27.2 Å². The number of carbonyl (C=O) groups is 1. The number of ether oxygens (including phenoxy) is 1. The van der Waals surface area contributed by atoms with Gasteiger partial charge in [-0.15, -0.1) is 0 Å². The van der Waals surface area contributed by atoms with Gasteiger partial charge in [-0.2, -0.15) is 13.9 Å². The molecular formula is C17H14ClF2N3O2. The monoisotopic (exact) mass is 365 g/mol. The van der Waals surface area contributed by atoms with Gasteiger partial charge in [-0.05, 0) is 23.8 Å². The predicted molar refractivity (Wildman–Crippen MR) is 89.9 cm³/mol. The first kappa shape index (κ1) is 17.3. The van der Waals surface area contributed by atoms with E-state index in [4.69, 9.17) is 11.6 Å². The number of hydrogen-bond acceptors (Lipinski definition) is 4. The fourth-order valence-corrected chi connectivity index (χ4v) is 2.55. The number of ketones is 1. The minimum Gasteiger partial charge on any atom is -0.433 e. The molecule has 0 radical (unpaired) electrons. The van der Waals surface area contributed by atoms with E-state index in [9.17, 15) is 13.6 Å². The van der Waals surface area contributed by atoms with Crippen molar-refractivity contribution in [1.82, 2.24) is 14.8 Å². The molecule has 0 unspecified atom stereocenters. The van der Waals surface area contributed by atoms with Crippen molar-refractivity contribution in [2.45, 2.75) is 26.5 Å². The van der Waals surface area contributed by atoms with Crippen molar-refractivity contribution in [3.8, 4) is 16.9 Å². The van der Waals surface area contributed by atoms with Gasteiger partial charge in [-0.25, -0.2) is 0 Å². The summed E-state index contributed by atoms with van der Waals surface area (Å²) in [5, 5.41) is 4.27. The van der Waals surface area contributed by atoms with E-state index in [1.807, 2.05) is 0 Å². The number of aromatic nitrogens is 3. The predicted octanol–water partition coefficient (Wildman–Crippen LogP) is 4.33. The Balaban J connectivity index is 2.01. The van der Waals surface area contributed by atoms with Crippen molar-refractivity contribution < 1.29 is 18.3 Å². The maximum absolute atomic E-state index is 12.5. The van der Waals surface area contributed by atoms with Crippen LogP contribution in [0.1, 0.15) is 13.3 Å². The molecule has 0 amide bonds. The van der Waals surface area contributed by atoms with E-state index in [-0.39, 0.29) is 23.1 Å². The Labute approximate surface area is 147 Å². The standard InChI is InChI=1S/C17H14ClF2N3O2/c1-2-12(24)9-23-15-5-11(7-21-14(15)8-22-23)10-3-4-13(18)16(6-10)25-17(19)20/h3-8,17H,2,9H2,1H3. The lowest BCUT2D eigenvalue weighted by molar-refractivity contribution is -0.119. The molecular weight excluding hydrogens is 352 g/mol. The van der Waals surface area contributed by atoms with Gasteiger partial charge in [0.15, 0.2) is 5.78 Å². The molecule has 25 heavy (non-hydrogen) atoms. The molecule has 0 aliphatic carbocycles. The molecule has 2 aromatic heterocycles. The first-order chi connectivity index (χ1) is 12.0. The third-order valence-corrected chi connectivity index (χ3v) is 4.01. The van der Waals surface area contributed by atoms with Crippen molar-refractivity contribution >= 4 is 28.4 Å². The molecule has 0 aliphatic rings. The third kappa shape index (κ3) is 3.76. The van der Waals surface area contributed by atoms with E-state index in [0.29, 0.717) is 28.6 Å². The van der Waals surface area contributed by atoms with Crippen LogP contribution in [0, 0.1) is 0 Å². The summed E-state index contributed by atoms with van der Waals surface area (Å²) in [6.07, 6.45) is 3.60. The van der Waals surface area contributed by atoms with Crippen molar-refractivity contribution in [3.05, 3.63) is 41.7 Å². The Kier molecular flexibility index (Phi) is 4.94. The molecule has 8 heteroatoms. The number of Topliss-reactive ketones (excluding diaryl/α,β-unsaturated/α-hetero) is 1. The molecule has 3 rings (SSSR count). The second kappa shape index (κ2) is 7.14. The maximum Gasteiger partial charge on any atom is 0.387 e. The zero-order valence-electron chi connectivity index (χ0n) is 13.2. The van der Waals surface area contributed by atoms with Gasteiger partial charge in [0.05, 0.1) is 16.7 Å². The van der Waals surface area contributed by atoms with Gasteiger partial charge in [-0.1, -0.05) is 24.6 Å². The molecule has 1 aromatic carbocycles. The van der Waals surface area contributed by atoms with E-state index >= 15 is 0 Å². The number of rotatable bonds is 6. The number of nitrogens with zero attached hydrogens (tertiary/aromatic N) is 3. The third-order valence-electron chi connectivity index (χ3n) is 3.70. The lowest BCUT2D eigenvalue weighted by atomic mass is 10.1. The number of alkyl halides is 2. The number of halogens is 3. The summed E-state index contributed by atoms with van der Waals surface area (Å²) in [7, 11) is 0. The van der Waals surface area contributed by atoms with Gasteiger partial charge in [-0.3, -0.25) is 14.5 Å². The number of benzene rings is 1. The molecule has 0 spiro atoms. The van der Waals surface area contributed by atoms with E-state index in [2.05, 4.69) is 14.8 Å². The first-order valence-electron chi connectivity index (χ1n) is 7.56. The van der Waals surface area contributed by atoms with Crippen LogP contribution in [0.4, 0.5) is 8.78 Å². The zero-order valence-corrected chi connectivity index (χ0v) is 14.0. The first-order valence-corrected chi connectivity index (χ1v) is 7.93. The van der Waals surface area contributed by atoms with E-state index in [1.165, 1.54) is 12.1 Å². The molecule has 3 aromatic rings. The topological polar surface area (TPSA) is 57.0 Å². The molecule has 0 fully saturated rings. The van der Waals surface area contributed by atoms with Crippen LogP contribution >= 0.6 is 11.6 Å². The van der Waals surface area contributed by atoms with Crippen molar-refractivity contribution in [3.63, 3.8) is 0 Å². The van der Waals surface area contributed by atoms with Crippen LogP contribution in [-0.2, 0) is 11.3 Å². The summed E-state index contributed by atoms with van der Waals surface area (Å²) in [6.45, 7) is -1.02. The summed E-state index contributed by atoms with van der Waals surface area (Å²) in [4.78, 5) is 16.0. The van der Waals surface area contributed by atoms with Gasteiger partial charge < -0.3 is 4.74 Å². The Morgan fingerprint density at radius 1 is 1.28 bits per heavy atom. The summed E-state index contributed by atoms with van der Waals surface area (Å²) in [6, 6.07) is 6.39. The van der Waals surface area contributed by atoms with Gasteiger partial charge >= 0.3 is 6.61 Å². The summed E-state index contributed by atoms with van der Waals surface area (Å²) in [5.74, 6) is -0.0570. The highest BCUT2D eigenvalue weighted by Gasteiger charge is 2.12. The Hall–Kier alpha value is -2.54. The minimum absolute atomic E-state index is 0.0505. The molecule has 0 atom stereocenters. The highest BCUT2D eigenvalue weighted by molar-refractivity contribution is 6.32. The Morgan fingerprint density at radius 3 is 2.80 bits per heavy atom. The second-order valence-corrected chi connectivity index (χ2v) is 5.75. The molecule has 2 heterocycles. The molecule has 130 valence electrons. The molecule has 0 saturated carbocycles. The van der Waals surface area contributed by atoms with Gasteiger partial charge in [0.1, 0.15) is 17.8 Å². The van der Waals surface area contributed by atoms with Gasteiger partial charge in [0, 0.05) is 18.2 Å². The van der Waals surface area contributed by atoms with Crippen molar-refractivity contribution in [2.24, 2.45) is 0 Å². The number of fused-ring (bicyclic) bond motifs is 1. The van der Waals surface area contributed by atoms with Crippen LogP contribution in [0.25, 0.3) is 22.2 Å². The zero-order chi connectivity index (χ0) is 18.0. The van der Waals surface area contributed by atoms with Crippen LogP contribution < -0.4 is 4.74 Å².